The van der Waals surface area contributed by atoms with Gasteiger partial charge in [-0.2, -0.15) is 0 Å². The molecule has 3 heterocycles. The lowest BCUT2D eigenvalue weighted by Crippen LogP contribution is -2.00. The third-order valence-corrected chi connectivity index (χ3v) is 7.79. The molecule has 3 aromatic heterocycles. The van der Waals surface area contributed by atoms with Crippen LogP contribution in [-0.4, -0.2) is 19.7 Å². The Balaban J connectivity index is 1.53. The van der Waals surface area contributed by atoms with Gasteiger partial charge in [0.2, 0.25) is 0 Å². The van der Waals surface area contributed by atoms with Gasteiger partial charge in [-0.25, -0.2) is 4.98 Å². The minimum absolute atomic E-state index is 0.795. The fourth-order valence-electron chi connectivity index (χ4n) is 3.41. The Hall–Kier alpha value is -1.96. The fourth-order valence-corrected chi connectivity index (χ4v) is 6.16. The molecule has 0 saturated heterocycles. The molecule has 1 aromatic carbocycles. The van der Waals surface area contributed by atoms with Gasteiger partial charge >= 0.3 is 0 Å². The zero-order valence-electron chi connectivity index (χ0n) is 17.1. The van der Waals surface area contributed by atoms with E-state index in [4.69, 9.17) is 4.98 Å². The molecule has 0 unspecified atom stereocenters. The van der Waals surface area contributed by atoms with Crippen molar-refractivity contribution in [1.82, 2.24) is 19.7 Å². The summed E-state index contributed by atoms with van der Waals surface area (Å²) in [6, 6.07) is 8.51. The molecule has 0 aliphatic heterocycles. The Morgan fingerprint density at radius 3 is 2.69 bits per heavy atom. The van der Waals surface area contributed by atoms with E-state index < -0.39 is 0 Å². The Kier molecular flexibility index (Phi) is 6.18. The first kappa shape index (κ1) is 20.3. The normalized spacial score (nSPS) is 11.3. The molecule has 0 spiro atoms. The minimum atomic E-state index is 0.795. The van der Waals surface area contributed by atoms with Crippen molar-refractivity contribution in [3.05, 3.63) is 56.7 Å². The van der Waals surface area contributed by atoms with Crippen molar-refractivity contribution in [3.63, 3.8) is 0 Å². The largest absolute Gasteiger partial charge is 0.302 e. The van der Waals surface area contributed by atoms with Crippen molar-refractivity contribution >= 4 is 34.4 Å². The summed E-state index contributed by atoms with van der Waals surface area (Å²) in [7, 11) is 0. The second-order valence-corrected chi connectivity index (χ2v) is 9.77. The molecule has 4 aromatic rings. The maximum Gasteiger partial charge on any atom is 0.191 e. The van der Waals surface area contributed by atoms with Crippen LogP contribution >= 0.6 is 34.4 Å². The van der Waals surface area contributed by atoms with Crippen molar-refractivity contribution in [2.24, 2.45) is 0 Å². The van der Waals surface area contributed by atoms with Crippen LogP contribution in [0.15, 0.2) is 40.2 Å². The summed E-state index contributed by atoms with van der Waals surface area (Å²) in [5.74, 6) is 1.78. The molecule has 0 fully saturated rings. The zero-order chi connectivity index (χ0) is 20.4. The highest BCUT2D eigenvalue weighted by Crippen LogP contribution is 2.33. The van der Waals surface area contributed by atoms with Gasteiger partial charge in [-0.1, -0.05) is 42.4 Å². The molecule has 0 radical (unpaired) electrons. The van der Waals surface area contributed by atoms with Crippen LogP contribution in [0.5, 0.6) is 0 Å². The summed E-state index contributed by atoms with van der Waals surface area (Å²) < 4.78 is 2.22. The van der Waals surface area contributed by atoms with E-state index in [-0.39, 0.29) is 0 Å². The fraction of sp³-hybridized carbons (Fsp3) is 0.318. The Morgan fingerprint density at radius 1 is 1.07 bits per heavy atom. The van der Waals surface area contributed by atoms with Gasteiger partial charge in [-0.15, -0.1) is 32.9 Å². The van der Waals surface area contributed by atoms with E-state index >= 15 is 0 Å². The molecule has 4 rings (SSSR count). The van der Waals surface area contributed by atoms with Crippen LogP contribution < -0.4 is 0 Å². The molecule has 0 aliphatic rings. The first-order valence-electron chi connectivity index (χ1n) is 9.75. The van der Waals surface area contributed by atoms with Crippen molar-refractivity contribution in [2.75, 3.05) is 0 Å². The molecule has 4 nitrogen and oxygen atoms in total. The molecule has 0 N–H and O–H groups in total. The van der Waals surface area contributed by atoms with E-state index in [2.05, 4.69) is 77.5 Å². The molecule has 7 heteroatoms. The topological polar surface area (TPSA) is 43.6 Å². The second-order valence-electron chi connectivity index (χ2n) is 6.89. The summed E-state index contributed by atoms with van der Waals surface area (Å²) >= 11 is 5.20. The van der Waals surface area contributed by atoms with E-state index in [1.807, 2.05) is 0 Å². The monoisotopic (exact) mass is 440 g/mol. The number of rotatable bonds is 7. The van der Waals surface area contributed by atoms with Gasteiger partial charge in [-0.3, -0.25) is 0 Å². The number of benzene rings is 1. The first-order chi connectivity index (χ1) is 14.1. The van der Waals surface area contributed by atoms with Crippen LogP contribution in [0.1, 0.15) is 35.5 Å². The van der Waals surface area contributed by atoms with Crippen molar-refractivity contribution in [2.45, 2.75) is 51.6 Å². The molecular weight excluding hydrogens is 416 g/mol. The van der Waals surface area contributed by atoms with Crippen LogP contribution in [0, 0.1) is 13.8 Å². The first-order valence-corrected chi connectivity index (χ1v) is 12.5. The van der Waals surface area contributed by atoms with Gasteiger partial charge in [0.1, 0.15) is 5.01 Å². The maximum atomic E-state index is 4.83. The number of thioether (sulfide) groups is 1. The highest BCUT2D eigenvalue weighted by atomic mass is 32.2. The van der Waals surface area contributed by atoms with Crippen molar-refractivity contribution < 1.29 is 0 Å². The predicted molar refractivity (Wildman–Crippen MR) is 125 cm³/mol. The molecule has 150 valence electrons. The number of thiazole rings is 1. The quantitative estimate of drug-likeness (QED) is 0.303. The van der Waals surface area contributed by atoms with E-state index in [1.165, 1.54) is 27.1 Å². The summed E-state index contributed by atoms with van der Waals surface area (Å²) in [5, 5.41) is 15.4. The number of hydrogen-bond donors (Lipinski definition) is 0. The Labute approximate surface area is 184 Å². The van der Waals surface area contributed by atoms with Gasteiger partial charge in [-0.05, 0) is 38.8 Å². The molecule has 0 aliphatic carbocycles. The summed E-state index contributed by atoms with van der Waals surface area (Å²) in [6.07, 6.45) is 1.02. The van der Waals surface area contributed by atoms with Crippen LogP contribution in [0.3, 0.4) is 0 Å². The van der Waals surface area contributed by atoms with Gasteiger partial charge in [0.25, 0.3) is 0 Å². The van der Waals surface area contributed by atoms with Crippen LogP contribution in [0.25, 0.3) is 22.0 Å². The average molecular weight is 441 g/mol. The van der Waals surface area contributed by atoms with Crippen LogP contribution in [0.4, 0.5) is 0 Å². The Bertz CT molecular complexity index is 1120. The molecule has 0 saturated carbocycles. The summed E-state index contributed by atoms with van der Waals surface area (Å²) in [4.78, 5) is 6.20. The van der Waals surface area contributed by atoms with Crippen molar-refractivity contribution in [1.29, 1.82) is 0 Å². The predicted octanol–water partition coefficient (Wildman–Crippen LogP) is 6.62. The van der Waals surface area contributed by atoms with E-state index in [1.54, 1.807) is 34.4 Å². The number of hydrogen-bond acceptors (Lipinski definition) is 6. The van der Waals surface area contributed by atoms with Crippen LogP contribution in [-0.2, 0) is 18.7 Å². The lowest BCUT2D eigenvalue weighted by molar-refractivity contribution is 0.687. The highest BCUT2D eigenvalue weighted by molar-refractivity contribution is 7.98. The van der Waals surface area contributed by atoms with Gasteiger partial charge < -0.3 is 4.57 Å². The second kappa shape index (κ2) is 8.81. The Morgan fingerprint density at radius 2 is 1.93 bits per heavy atom. The molecule has 0 amide bonds. The molecular formula is C22H24N4S3. The smallest absolute Gasteiger partial charge is 0.191 e. The number of aromatic nitrogens is 4. The van der Waals surface area contributed by atoms with E-state index in [0.29, 0.717) is 0 Å². The number of nitrogens with zero attached hydrogens (tertiary/aromatic N) is 4. The third-order valence-electron chi connectivity index (χ3n) is 4.90. The highest BCUT2D eigenvalue weighted by Gasteiger charge is 2.18. The van der Waals surface area contributed by atoms with Gasteiger partial charge in [0, 0.05) is 39.1 Å². The standard InChI is InChI=1S/C22H24N4S3/c1-5-18-15(4)27-13-19(18)20-24-25-22(26(20)6-2)29-12-17-11-28-21(23-17)16-9-7-8-14(3)10-16/h7-11,13H,5-6,12H2,1-4H3. The summed E-state index contributed by atoms with van der Waals surface area (Å²) in [5.41, 5.74) is 6.14. The third kappa shape index (κ3) is 4.17. The van der Waals surface area contributed by atoms with E-state index in [0.717, 1.165) is 40.4 Å². The lowest BCUT2D eigenvalue weighted by atomic mass is 10.1. The minimum Gasteiger partial charge on any atom is -0.302 e. The molecule has 0 atom stereocenters. The zero-order valence-corrected chi connectivity index (χ0v) is 19.5. The van der Waals surface area contributed by atoms with Gasteiger partial charge in [0.15, 0.2) is 11.0 Å². The number of thiophene rings is 1. The van der Waals surface area contributed by atoms with Gasteiger partial charge in [0.05, 0.1) is 5.69 Å². The van der Waals surface area contributed by atoms with E-state index in [9.17, 15) is 0 Å². The molecule has 0 bridgehead atoms. The SMILES string of the molecule is CCc1c(-c2nnc(SCc3csc(-c4cccc(C)c4)n3)n2CC)csc1C. The lowest BCUT2D eigenvalue weighted by Gasteiger charge is -2.07. The molecule has 29 heavy (non-hydrogen) atoms. The maximum absolute atomic E-state index is 4.83. The average Bonchev–Trinajstić information content (AvgIpc) is 3.43. The van der Waals surface area contributed by atoms with Crippen LogP contribution in [0.2, 0.25) is 0 Å². The number of aryl methyl sites for hydroxylation is 2. The van der Waals surface area contributed by atoms with Crippen molar-refractivity contribution in [3.8, 4) is 22.0 Å². The summed E-state index contributed by atoms with van der Waals surface area (Å²) in [6.45, 7) is 9.51.